The number of hydrogen-bond donors (Lipinski definition) is 0. The van der Waals surface area contributed by atoms with Gasteiger partial charge in [0.25, 0.3) is 0 Å². The summed E-state index contributed by atoms with van der Waals surface area (Å²) >= 11 is 0. The molecule has 3 aliphatic rings. The molecule has 3 rings (SSSR count). The summed E-state index contributed by atoms with van der Waals surface area (Å²) in [5.41, 5.74) is 0. The molecule has 2 heteroatoms. The van der Waals surface area contributed by atoms with Crippen molar-refractivity contribution in [2.45, 2.75) is 57.9 Å². The second-order valence-electron chi connectivity index (χ2n) is 7.41. The lowest BCUT2D eigenvalue weighted by molar-refractivity contribution is 0.0613. The summed E-state index contributed by atoms with van der Waals surface area (Å²) in [6.07, 6.45) is 14.6. The molecule has 2 nitrogen and oxygen atoms in total. The zero-order chi connectivity index (χ0) is 13.8. The first-order valence-corrected chi connectivity index (χ1v) is 8.92. The molecule has 2 fully saturated rings. The largest absolute Gasteiger partial charge is 0.301 e. The molecule has 1 heterocycles. The molecule has 20 heavy (non-hydrogen) atoms. The van der Waals surface area contributed by atoms with Crippen molar-refractivity contribution < 1.29 is 0 Å². The Hall–Kier alpha value is -0.340. The van der Waals surface area contributed by atoms with Gasteiger partial charge in [0.05, 0.1) is 0 Å². The van der Waals surface area contributed by atoms with Gasteiger partial charge in [-0.05, 0) is 43.9 Å². The van der Waals surface area contributed by atoms with E-state index in [1.54, 1.807) is 0 Å². The minimum atomic E-state index is 0.901. The molecule has 3 atom stereocenters. The molecule has 0 amide bonds. The van der Waals surface area contributed by atoms with Crippen LogP contribution in [0, 0.1) is 11.8 Å². The molecule has 0 spiro atoms. The van der Waals surface area contributed by atoms with Crippen molar-refractivity contribution in [1.82, 2.24) is 9.80 Å². The fourth-order valence-electron chi connectivity index (χ4n) is 4.43. The fraction of sp³-hybridized carbons (Fsp3) is 0.889. The van der Waals surface area contributed by atoms with Gasteiger partial charge in [-0.2, -0.15) is 0 Å². The topological polar surface area (TPSA) is 6.48 Å². The van der Waals surface area contributed by atoms with Crippen LogP contribution in [0.4, 0.5) is 0 Å². The number of piperazine rings is 1. The van der Waals surface area contributed by atoms with Gasteiger partial charge < -0.3 is 4.90 Å². The average Bonchev–Trinajstić information content (AvgIpc) is 2.49. The second-order valence-corrected chi connectivity index (χ2v) is 7.41. The summed E-state index contributed by atoms with van der Waals surface area (Å²) in [7, 11) is 0. The van der Waals surface area contributed by atoms with Gasteiger partial charge in [-0.1, -0.05) is 31.9 Å². The van der Waals surface area contributed by atoms with E-state index in [2.05, 4.69) is 28.9 Å². The molecule has 0 radical (unpaired) electrons. The highest BCUT2D eigenvalue weighted by Crippen LogP contribution is 2.28. The summed E-state index contributed by atoms with van der Waals surface area (Å²) in [6, 6.07) is 0.901. The summed E-state index contributed by atoms with van der Waals surface area (Å²) in [5, 5.41) is 0. The lowest BCUT2D eigenvalue weighted by Gasteiger charge is -2.42. The monoisotopic (exact) mass is 276 g/mol. The van der Waals surface area contributed by atoms with Crippen LogP contribution in [-0.4, -0.2) is 48.6 Å². The van der Waals surface area contributed by atoms with Crippen LogP contribution in [0.25, 0.3) is 0 Å². The van der Waals surface area contributed by atoms with Crippen molar-refractivity contribution in [3.63, 3.8) is 0 Å². The Labute approximate surface area is 125 Å². The smallest absolute Gasteiger partial charge is 0.0113 e. The van der Waals surface area contributed by atoms with E-state index in [9.17, 15) is 0 Å². The molecule has 0 bridgehead atoms. The van der Waals surface area contributed by atoms with Crippen molar-refractivity contribution in [2.75, 3.05) is 32.7 Å². The number of rotatable bonds is 3. The summed E-state index contributed by atoms with van der Waals surface area (Å²) in [5.74, 6) is 1.89. The van der Waals surface area contributed by atoms with Gasteiger partial charge >= 0.3 is 0 Å². The van der Waals surface area contributed by atoms with E-state index >= 15 is 0 Å². The van der Waals surface area contributed by atoms with Crippen LogP contribution in [0.5, 0.6) is 0 Å². The quantitative estimate of drug-likeness (QED) is 0.728. The van der Waals surface area contributed by atoms with Crippen molar-refractivity contribution in [3.05, 3.63) is 12.2 Å². The maximum atomic E-state index is 2.80. The van der Waals surface area contributed by atoms with E-state index in [1.807, 2.05) is 0 Å². The Morgan fingerprint density at radius 2 is 1.85 bits per heavy atom. The molecular weight excluding hydrogens is 244 g/mol. The van der Waals surface area contributed by atoms with E-state index in [0.29, 0.717) is 0 Å². The second kappa shape index (κ2) is 7.09. The van der Waals surface area contributed by atoms with E-state index in [4.69, 9.17) is 0 Å². The third kappa shape index (κ3) is 3.85. The van der Waals surface area contributed by atoms with Gasteiger partial charge in [-0.3, -0.25) is 4.90 Å². The first-order valence-electron chi connectivity index (χ1n) is 8.92. The molecule has 1 aliphatic heterocycles. The van der Waals surface area contributed by atoms with Crippen LogP contribution in [0.3, 0.4) is 0 Å². The highest BCUT2D eigenvalue weighted by molar-refractivity contribution is 4.91. The highest BCUT2D eigenvalue weighted by atomic mass is 15.3. The number of allylic oxidation sites excluding steroid dienone is 2. The van der Waals surface area contributed by atoms with Crippen LogP contribution in [-0.2, 0) is 0 Å². The van der Waals surface area contributed by atoms with Gasteiger partial charge in [0.15, 0.2) is 0 Å². The molecule has 0 N–H and O–H groups in total. The zero-order valence-corrected chi connectivity index (χ0v) is 13.3. The van der Waals surface area contributed by atoms with Gasteiger partial charge in [-0.25, -0.2) is 0 Å². The molecule has 0 aromatic carbocycles. The Morgan fingerprint density at radius 1 is 1.00 bits per heavy atom. The SMILES string of the molecule is C[C@@H]1CCC[C@H](N2CCN(C[C@@H]3CC=CCC3)CC2)C1. The minimum absolute atomic E-state index is 0.901. The van der Waals surface area contributed by atoms with E-state index in [1.165, 1.54) is 77.7 Å². The van der Waals surface area contributed by atoms with Crippen LogP contribution >= 0.6 is 0 Å². The lowest BCUT2D eigenvalue weighted by atomic mass is 9.86. The van der Waals surface area contributed by atoms with Gasteiger partial charge in [0, 0.05) is 38.8 Å². The van der Waals surface area contributed by atoms with Crippen molar-refractivity contribution in [3.8, 4) is 0 Å². The third-order valence-electron chi connectivity index (χ3n) is 5.73. The number of nitrogens with zero attached hydrogens (tertiary/aromatic N) is 2. The molecule has 0 unspecified atom stereocenters. The Bertz CT molecular complexity index is 317. The standard InChI is InChI=1S/C18H32N2/c1-16-6-5-9-18(14-16)20-12-10-19(11-13-20)15-17-7-3-2-4-8-17/h2-3,16-18H,4-15H2,1H3/t16-,17-,18+/m1/s1. The first kappa shape index (κ1) is 14.6. The fourth-order valence-corrected chi connectivity index (χ4v) is 4.43. The Morgan fingerprint density at radius 3 is 2.55 bits per heavy atom. The lowest BCUT2D eigenvalue weighted by Crippen LogP contribution is -2.52. The van der Waals surface area contributed by atoms with Gasteiger partial charge in [-0.15, -0.1) is 0 Å². The molecule has 114 valence electrons. The molecule has 0 aromatic rings. The van der Waals surface area contributed by atoms with E-state index in [-0.39, 0.29) is 0 Å². The average molecular weight is 276 g/mol. The van der Waals surface area contributed by atoms with Crippen LogP contribution in [0.2, 0.25) is 0 Å². The van der Waals surface area contributed by atoms with Crippen LogP contribution in [0.15, 0.2) is 12.2 Å². The molecule has 1 saturated heterocycles. The molecule has 2 aliphatic carbocycles. The maximum Gasteiger partial charge on any atom is 0.0113 e. The van der Waals surface area contributed by atoms with E-state index in [0.717, 1.165) is 17.9 Å². The maximum absolute atomic E-state index is 2.80. The van der Waals surface area contributed by atoms with Crippen molar-refractivity contribution in [2.24, 2.45) is 11.8 Å². The summed E-state index contributed by atoms with van der Waals surface area (Å²) < 4.78 is 0. The first-order chi connectivity index (χ1) is 9.81. The van der Waals surface area contributed by atoms with Gasteiger partial charge in [0.1, 0.15) is 0 Å². The summed E-state index contributed by atoms with van der Waals surface area (Å²) in [4.78, 5) is 5.53. The predicted molar refractivity (Wildman–Crippen MR) is 85.9 cm³/mol. The van der Waals surface area contributed by atoms with Crippen LogP contribution < -0.4 is 0 Å². The van der Waals surface area contributed by atoms with Crippen molar-refractivity contribution in [1.29, 1.82) is 0 Å². The Balaban J connectivity index is 1.41. The Kier molecular flexibility index (Phi) is 5.17. The highest BCUT2D eigenvalue weighted by Gasteiger charge is 2.28. The molecular formula is C18H32N2. The predicted octanol–water partition coefficient (Wildman–Crippen LogP) is 3.54. The molecule has 1 saturated carbocycles. The summed E-state index contributed by atoms with van der Waals surface area (Å²) in [6.45, 7) is 9.05. The van der Waals surface area contributed by atoms with Crippen LogP contribution in [0.1, 0.15) is 51.9 Å². The van der Waals surface area contributed by atoms with E-state index < -0.39 is 0 Å². The minimum Gasteiger partial charge on any atom is -0.301 e. The van der Waals surface area contributed by atoms with Gasteiger partial charge in [0.2, 0.25) is 0 Å². The molecule has 0 aromatic heterocycles. The number of hydrogen-bond acceptors (Lipinski definition) is 2. The van der Waals surface area contributed by atoms with Crippen molar-refractivity contribution >= 4 is 0 Å². The third-order valence-corrected chi connectivity index (χ3v) is 5.73. The zero-order valence-electron chi connectivity index (χ0n) is 13.3. The normalized spacial score (nSPS) is 37.1.